The lowest BCUT2D eigenvalue weighted by molar-refractivity contribution is 0.659. The minimum atomic E-state index is 0.254. The van der Waals surface area contributed by atoms with Crippen LogP contribution in [0.1, 0.15) is 13.3 Å². The SMILES string of the molecule is CC(N)CCN(C)c1ccc(Cl)cc1. The van der Waals surface area contributed by atoms with E-state index in [0.717, 1.165) is 18.0 Å². The van der Waals surface area contributed by atoms with Gasteiger partial charge in [-0.3, -0.25) is 0 Å². The van der Waals surface area contributed by atoms with Gasteiger partial charge in [-0.2, -0.15) is 0 Å². The number of nitrogens with zero attached hydrogens (tertiary/aromatic N) is 1. The van der Waals surface area contributed by atoms with E-state index < -0.39 is 0 Å². The van der Waals surface area contributed by atoms with Crippen molar-refractivity contribution in [2.45, 2.75) is 19.4 Å². The van der Waals surface area contributed by atoms with Gasteiger partial charge in [0.05, 0.1) is 0 Å². The van der Waals surface area contributed by atoms with Gasteiger partial charge in [0.2, 0.25) is 0 Å². The molecule has 0 aromatic heterocycles. The lowest BCUT2D eigenvalue weighted by Gasteiger charge is -2.20. The Balaban J connectivity index is 2.52. The number of hydrogen-bond acceptors (Lipinski definition) is 2. The number of benzene rings is 1. The van der Waals surface area contributed by atoms with Gasteiger partial charge in [0.25, 0.3) is 0 Å². The van der Waals surface area contributed by atoms with E-state index in [2.05, 4.69) is 11.9 Å². The minimum Gasteiger partial charge on any atom is -0.375 e. The van der Waals surface area contributed by atoms with Crippen LogP contribution in [0.25, 0.3) is 0 Å². The molecule has 1 aromatic rings. The molecule has 1 rings (SSSR count). The normalized spacial score (nSPS) is 12.6. The Morgan fingerprint density at radius 2 is 1.93 bits per heavy atom. The summed E-state index contributed by atoms with van der Waals surface area (Å²) in [5.41, 5.74) is 6.87. The second-order valence-electron chi connectivity index (χ2n) is 3.66. The Labute approximate surface area is 90.7 Å². The zero-order valence-corrected chi connectivity index (χ0v) is 9.46. The van der Waals surface area contributed by atoms with Gasteiger partial charge in [0.1, 0.15) is 0 Å². The molecule has 0 aliphatic heterocycles. The molecule has 1 aromatic carbocycles. The minimum absolute atomic E-state index is 0.254. The summed E-state index contributed by atoms with van der Waals surface area (Å²) in [6.07, 6.45) is 0.999. The molecule has 0 saturated heterocycles. The third-order valence-electron chi connectivity index (χ3n) is 2.19. The van der Waals surface area contributed by atoms with Crippen molar-refractivity contribution in [2.24, 2.45) is 5.73 Å². The molecule has 0 spiro atoms. The van der Waals surface area contributed by atoms with Gasteiger partial charge in [-0.1, -0.05) is 11.6 Å². The van der Waals surface area contributed by atoms with Crippen LogP contribution in [0.3, 0.4) is 0 Å². The van der Waals surface area contributed by atoms with Crippen molar-refractivity contribution in [3.05, 3.63) is 29.3 Å². The first kappa shape index (κ1) is 11.3. The predicted molar refractivity (Wildman–Crippen MR) is 63.0 cm³/mol. The van der Waals surface area contributed by atoms with Gasteiger partial charge in [0, 0.05) is 30.3 Å². The van der Waals surface area contributed by atoms with Gasteiger partial charge in [-0.25, -0.2) is 0 Å². The highest BCUT2D eigenvalue weighted by molar-refractivity contribution is 6.30. The Morgan fingerprint density at radius 1 is 1.36 bits per heavy atom. The molecular formula is C11H17ClN2. The molecule has 3 heteroatoms. The molecule has 0 fully saturated rings. The lowest BCUT2D eigenvalue weighted by Crippen LogP contribution is -2.25. The second kappa shape index (κ2) is 5.23. The fraction of sp³-hybridized carbons (Fsp3) is 0.455. The smallest absolute Gasteiger partial charge is 0.0407 e. The average molecular weight is 213 g/mol. The number of hydrogen-bond donors (Lipinski definition) is 1. The van der Waals surface area contributed by atoms with Crippen LogP contribution >= 0.6 is 11.6 Å². The van der Waals surface area contributed by atoms with Crippen molar-refractivity contribution in [2.75, 3.05) is 18.5 Å². The van der Waals surface area contributed by atoms with Crippen molar-refractivity contribution in [1.29, 1.82) is 0 Å². The highest BCUT2D eigenvalue weighted by atomic mass is 35.5. The van der Waals surface area contributed by atoms with E-state index in [1.807, 2.05) is 31.2 Å². The topological polar surface area (TPSA) is 29.3 Å². The number of nitrogens with two attached hydrogens (primary N) is 1. The largest absolute Gasteiger partial charge is 0.375 e. The van der Waals surface area contributed by atoms with E-state index >= 15 is 0 Å². The van der Waals surface area contributed by atoms with Crippen LogP contribution in [0.4, 0.5) is 5.69 Å². The fourth-order valence-corrected chi connectivity index (χ4v) is 1.35. The number of halogens is 1. The Hall–Kier alpha value is -0.730. The quantitative estimate of drug-likeness (QED) is 0.831. The van der Waals surface area contributed by atoms with Crippen LogP contribution in [0.5, 0.6) is 0 Å². The lowest BCUT2D eigenvalue weighted by atomic mass is 10.2. The monoisotopic (exact) mass is 212 g/mol. The summed E-state index contributed by atoms with van der Waals surface area (Å²) < 4.78 is 0. The summed E-state index contributed by atoms with van der Waals surface area (Å²) in [5, 5.41) is 0.773. The van der Waals surface area contributed by atoms with E-state index in [1.165, 1.54) is 5.69 Å². The van der Waals surface area contributed by atoms with Crippen LogP contribution in [-0.4, -0.2) is 19.6 Å². The third-order valence-corrected chi connectivity index (χ3v) is 2.44. The van der Waals surface area contributed by atoms with Crippen LogP contribution < -0.4 is 10.6 Å². The van der Waals surface area contributed by atoms with Gasteiger partial charge in [-0.15, -0.1) is 0 Å². The molecular weight excluding hydrogens is 196 g/mol. The highest BCUT2D eigenvalue weighted by Gasteiger charge is 2.01. The first-order valence-corrected chi connectivity index (χ1v) is 5.19. The predicted octanol–water partition coefficient (Wildman–Crippen LogP) is 2.51. The molecule has 14 heavy (non-hydrogen) atoms. The Morgan fingerprint density at radius 3 is 2.43 bits per heavy atom. The van der Waals surface area contributed by atoms with Crippen molar-refractivity contribution >= 4 is 17.3 Å². The molecule has 1 unspecified atom stereocenters. The molecule has 0 aliphatic carbocycles. The van der Waals surface area contributed by atoms with Gasteiger partial charge < -0.3 is 10.6 Å². The van der Waals surface area contributed by atoms with E-state index in [0.29, 0.717) is 0 Å². The number of rotatable bonds is 4. The molecule has 0 saturated carbocycles. The molecule has 0 bridgehead atoms. The molecule has 0 aliphatic rings. The van der Waals surface area contributed by atoms with Crippen molar-refractivity contribution in [1.82, 2.24) is 0 Å². The molecule has 1 atom stereocenters. The molecule has 0 amide bonds. The van der Waals surface area contributed by atoms with E-state index in [4.69, 9.17) is 17.3 Å². The summed E-state index contributed by atoms with van der Waals surface area (Å²) in [7, 11) is 2.06. The number of anilines is 1. The van der Waals surface area contributed by atoms with Gasteiger partial charge in [-0.05, 0) is 37.6 Å². The maximum atomic E-state index is 5.81. The van der Waals surface area contributed by atoms with Gasteiger partial charge in [0.15, 0.2) is 0 Å². The molecule has 0 radical (unpaired) electrons. The molecule has 78 valence electrons. The summed E-state index contributed by atoms with van der Waals surface area (Å²) in [5.74, 6) is 0. The van der Waals surface area contributed by atoms with Crippen molar-refractivity contribution in [3.8, 4) is 0 Å². The van der Waals surface area contributed by atoms with E-state index in [1.54, 1.807) is 0 Å². The zero-order chi connectivity index (χ0) is 10.6. The average Bonchev–Trinajstić information content (AvgIpc) is 2.15. The zero-order valence-electron chi connectivity index (χ0n) is 8.70. The fourth-order valence-electron chi connectivity index (χ4n) is 1.22. The molecule has 2 N–H and O–H groups in total. The van der Waals surface area contributed by atoms with Crippen LogP contribution in [-0.2, 0) is 0 Å². The summed E-state index contributed by atoms with van der Waals surface area (Å²) >= 11 is 5.81. The van der Waals surface area contributed by atoms with Gasteiger partial charge >= 0.3 is 0 Å². The Bertz CT molecular complexity index is 269. The molecule has 0 heterocycles. The van der Waals surface area contributed by atoms with E-state index in [9.17, 15) is 0 Å². The highest BCUT2D eigenvalue weighted by Crippen LogP contribution is 2.16. The van der Waals surface area contributed by atoms with Crippen LogP contribution in [0, 0.1) is 0 Å². The Kier molecular flexibility index (Phi) is 4.23. The van der Waals surface area contributed by atoms with Crippen molar-refractivity contribution in [3.63, 3.8) is 0 Å². The van der Waals surface area contributed by atoms with E-state index in [-0.39, 0.29) is 6.04 Å². The van der Waals surface area contributed by atoms with Crippen LogP contribution in [0.15, 0.2) is 24.3 Å². The van der Waals surface area contributed by atoms with Crippen LogP contribution in [0.2, 0.25) is 5.02 Å². The maximum absolute atomic E-state index is 5.81. The summed E-state index contributed by atoms with van der Waals surface area (Å²) in [4.78, 5) is 2.18. The first-order valence-electron chi connectivity index (χ1n) is 4.82. The van der Waals surface area contributed by atoms with Crippen molar-refractivity contribution < 1.29 is 0 Å². The standard InChI is InChI=1S/C11H17ClN2/c1-9(13)7-8-14(2)11-5-3-10(12)4-6-11/h3-6,9H,7-8,13H2,1-2H3. The third kappa shape index (κ3) is 3.56. The second-order valence-corrected chi connectivity index (χ2v) is 4.10. The first-order chi connectivity index (χ1) is 6.59. The summed E-state index contributed by atoms with van der Waals surface area (Å²) in [6.45, 7) is 3.00. The maximum Gasteiger partial charge on any atom is 0.0407 e. The molecule has 2 nitrogen and oxygen atoms in total. The summed E-state index contributed by atoms with van der Waals surface area (Å²) in [6, 6.07) is 8.09.